The van der Waals surface area contributed by atoms with Crippen molar-refractivity contribution in [3.63, 3.8) is 0 Å². The van der Waals surface area contributed by atoms with Gasteiger partial charge in [-0.3, -0.25) is 0 Å². The molecule has 0 spiro atoms. The summed E-state index contributed by atoms with van der Waals surface area (Å²) in [4.78, 5) is 0.361. The first-order valence-electron chi connectivity index (χ1n) is 8.70. The van der Waals surface area contributed by atoms with Crippen LogP contribution >= 0.6 is 0 Å². The smallest absolute Gasteiger partial charge is 0.180 e. The molecule has 1 atom stereocenters. The lowest BCUT2D eigenvalue weighted by Crippen LogP contribution is -2.30. The van der Waals surface area contributed by atoms with Gasteiger partial charge in [0.2, 0.25) is 0 Å². The second-order valence-electron chi connectivity index (χ2n) is 6.71. The molecule has 2 aromatic rings. The first-order chi connectivity index (χ1) is 12.4. The number of fused-ring (bicyclic) bond motifs is 1. The Balaban J connectivity index is 2.00. The quantitative estimate of drug-likeness (QED) is 0.870. The highest BCUT2D eigenvalue weighted by molar-refractivity contribution is 7.92. The third-order valence-corrected chi connectivity index (χ3v) is 7.03. The van der Waals surface area contributed by atoms with Crippen molar-refractivity contribution >= 4 is 9.84 Å². The van der Waals surface area contributed by atoms with Gasteiger partial charge in [0.15, 0.2) is 21.3 Å². The summed E-state index contributed by atoms with van der Waals surface area (Å²) >= 11 is 0. The van der Waals surface area contributed by atoms with Crippen molar-refractivity contribution in [1.29, 1.82) is 0 Å². The molecule has 5 nitrogen and oxygen atoms in total. The van der Waals surface area contributed by atoms with E-state index >= 15 is 0 Å². The minimum atomic E-state index is -3.26. The summed E-state index contributed by atoms with van der Waals surface area (Å²) in [6.07, 6.45) is 0.909. The number of benzene rings is 2. The molecule has 0 unspecified atom stereocenters. The Labute approximate surface area is 155 Å². The molecule has 1 N–H and O–H groups in total. The van der Waals surface area contributed by atoms with Gasteiger partial charge in [0, 0.05) is 6.54 Å². The lowest BCUT2D eigenvalue weighted by molar-refractivity contribution is 0.353. The highest BCUT2D eigenvalue weighted by Crippen LogP contribution is 2.37. The Hall–Kier alpha value is -2.05. The molecule has 1 aliphatic rings. The van der Waals surface area contributed by atoms with Crippen LogP contribution in [0.15, 0.2) is 41.3 Å². The van der Waals surface area contributed by atoms with E-state index in [-0.39, 0.29) is 6.04 Å². The van der Waals surface area contributed by atoms with Crippen molar-refractivity contribution in [2.24, 2.45) is 0 Å². The van der Waals surface area contributed by atoms with E-state index < -0.39 is 15.1 Å². The van der Waals surface area contributed by atoms with E-state index in [4.69, 9.17) is 9.47 Å². The molecule has 1 heterocycles. The van der Waals surface area contributed by atoms with Crippen LogP contribution in [-0.4, -0.2) is 34.4 Å². The summed E-state index contributed by atoms with van der Waals surface area (Å²) in [6, 6.07) is 11.2. The van der Waals surface area contributed by atoms with Crippen LogP contribution in [0.4, 0.5) is 0 Å². The zero-order valence-electron chi connectivity index (χ0n) is 15.6. The third kappa shape index (κ3) is 3.31. The van der Waals surface area contributed by atoms with Crippen LogP contribution in [0.1, 0.15) is 36.6 Å². The normalized spacial score (nSPS) is 17.0. The number of ether oxygens (including phenoxy) is 2. The third-order valence-electron chi connectivity index (χ3n) is 4.86. The summed E-state index contributed by atoms with van der Waals surface area (Å²) in [6.45, 7) is 4.24. The average Bonchev–Trinajstić information content (AvgIpc) is 2.66. The fourth-order valence-electron chi connectivity index (χ4n) is 3.30. The molecule has 0 fully saturated rings. The Morgan fingerprint density at radius 1 is 1.04 bits per heavy atom. The maximum absolute atomic E-state index is 12.3. The Bertz CT molecular complexity index is 889. The van der Waals surface area contributed by atoms with Crippen molar-refractivity contribution in [3.05, 3.63) is 53.1 Å². The number of methoxy groups -OCH3 is 2. The SMILES string of the molecule is COc1cc2c(cc1OC)[C@H](c1ccc(S(=O)(=O)C(C)C)cc1)NCC2. The standard InChI is InChI=1S/C20H25NO4S/c1-13(2)26(22,23)16-7-5-14(6-8-16)20-17-12-19(25-4)18(24-3)11-15(17)9-10-21-20/h5-8,11-13,20-21H,9-10H2,1-4H3/t20-/m0/s1. The van der Waals surface area contributed by atoms with E-state index in [0.29, 0.717) is 10.6 Å². The second kappa shape index (κ2) is 7.29. The molecule has 0 amide bonds. The molecule has 140 valence electrons. The van der Waals surface area contributed by atoms with Gasteiger partial charge in [0.1, 0.15) is 0 Å². The van der Waals surface area contributed by atoms with Gasteiger partial charge >= 0.3 is 0 Å². The van der Waals surface area contributed by atoms with Crippen LogP contribution in [0.5, 0.6) is 11.5 Å². The van der Waals surface area contributed by atoms with Gasteiger partial charge < -0.3 is 14.8 Å². The lowest BCUT2D eigenvalue weighted by atomic mass is 9.89. The van der Waals surface area contributed by atoms with Gasteiger partial charge in [-0.15, -0.1) is 0 Å². The molecule has 26 heavy (non-hydrogen) atoms. The Morgan fingerprint density at radius 3 is 2.23 bits per heavy atom. The lowest BCUT2D eigenvalue weighted by Gasteiger charge is -2.28. The first kappa shape index (κ1) is 18.7. The molecule has 0 aliphatic carbocycles. The van der Waals surface area contributed by atoms with Crippen LogP contribution in [0, 0.1) is 0 Å². The van der Waals surface area contributed by atoms with Crippen LogP contribution < -0.4 is 14.8 Å². The molecule has 0 bridgehead atoms. The molecular formula is C20H25NO4S. The van der Waals surface area contributed by atoms with Crippen molar-refractivity contribution in [2.45, 2.75) is 36.5 Å². The topological polar surface area (TPSA) is 64.6 Å². The number of rotatable bonds is 5. The molecule has 1 aliphatic heterocycles. The van der Waals surface area contributed by atoms with E-state index in [1.807, 2.05) is 24.3 Å². The summed E-state index contributed by atoms with van der Waals surface area (Å²) in [5, 5.41) is 3.08. The van der Waals surface area contributed by atoms with E-state index in [2.05, 4.69) is 5.32 Å². The Kier molecular flexibility index (Phi) is 5.25. The summed E-state index contributed by atoms with van der Waals surface area (Å²) < 4.78 is 35.5. The highest BCUT2D eigenvalue weighted by atomic mass is 32.2. The molecule has 0 saturated heterocycles. The molecular weight excluding hydrogens is 350 g/mol. The fourth-order valence-corrected chi connectivity index (χ4v) is 4.36. The van der Waals surface area contributed by atoms with Crippen molar-refractivity contribution < 1.29 is 17.9 Å². The zero-order chi connectivity index (χ0) is 18.9. The van der Waals surface area contributed by atoms with Gasteiger partial charge in [-0.1, -0.05) is 12.1 Å². The van der Waals surface area contributed by atoms with Gasteiger partial charge in [-0.2, -0.15) is 0 Å². The molecule has 0 radical (unpaired) electrons. The highest BCUT2D eigenvalue weighted by Gasteiger charge is 2.25. The molecule has 0 saturated carbocycles. The second-order valence-corrected chi connectivity index (χ2v) is 9.21. The predicted molar refractivity (Wildman–Crippen MR) is 102 cm³/mol. The number of hydrogen-bond donors (Lipinski definition) is 1. The minimum absolute atomic E-state index is 0.00522. The van der Waals surface area contributed by atoms with Crippen LogP contribution in [0.25, 0.3) is 0 Å². The van der Waals surface area contributed by atoms with Crippen molar-refractivity contribution in [3.8, 4) is 11.5 Å². The molecule has 3 rings (SSSR count). The van der Waals surface area contributed by atoms with Gasteiger partial charge in [-0.05, 0) is 61.2 Å². The number of sulfone groups is 1. The van der Waals surface area contributed by atoms with E-state index in [9.17, 15) is 8.42 Å². The van der Waals surface area contributed by atoms with E-state index in [1.165, 1.54) is 5.56 Å². The maximum atomic E-state index is 12.3. The largest absolute Gasteiger partial charge is 0.493 e. The van der Waals surface area contributed by atoms with Crippen LogP contribution in [0.2, 0.25) is 0 Å². The molecule has 2 aromatic carbocycles. The van der Waals surface area contributed by atoms with Gasteiger partial charge in [0.05, 0.1) is 30.4 Å². The predicted octanol–water partition coefficient (Wildman–Crippen LogP) is 3.12. The van der Waals surface area contributed by atoms with Crippen molar-refractivity contribution in [2.75, 3.05) is 20.8 Å². The first-order valence-corrected chi connectivity index (χ1v) is 10.2. The average molecular weight is 375 g/mol. The van der Waals surface area contributed by atoms with Crippen molar-refractivity contribution in [1.82, 2.24) is 5.32 Å². The van der Waals surface area contributed by atoms with E-state index in [1.54, 1.807) is 40.2 Å². The summed E-state index contributed by atoms with van der Waals surface area (Å²) in [7, 11) is 0.000163. The molecule has 0 aromatic heterocycles. The van der Waals surface area contributed by atoms with E-state index in [0.717, 1.165) is 29.8 Å². The minimum Gasteiger partial charge on any atom is -0.493 e. The summed E-state index contributed by atoms with van der Waals surface area (Å²) in [5.74, 6) is 1.42. The fraction of sp³-hybridized carbons (Fsp3) is 0.400. The number of nitrogens with one attached hydrogen (secondary N) is 1. The molecule has 6 heteroatoms. The monoisotopic (exact) mass is 375 g/mol. The van der Waals surface area contributed by atoms with Crippen LogP contribution in [0.3, 0.4) is 0 Å². The maximum Gasteiger partial charge on any atom is 0.180 e. The Morgan fingerprint density at radius 2 is 1.65 bits per heavy atom. The number of hydrogen-bond acceptors (Lipinski definition) is 5. The van der Waals surface area contributed by atoms with Gasteiger partial charge in [0.25, 0.3) is 0 Å². The van der Waals surface area contributed by atoms with Crippen LogP contribution in [-0.2, 0) is 16.3 Å². The van der Waals surface area contributed by atoms with Gasteiger partial charge in [-0.25, -0.2) is 8.42 Å². The summed E-state index contributed by atoms with van der Waals surface area (Å²) in [5.41, 5.74) is 3.37. The zero-order valence-corrected chi connectivity index (χ0v) is 16.4.